The van der Waals surface area contributed by atoms with Crippen LogP contribution in [0.15, 0.2) is 59.5 Å². The van der Waals surface area contributed by atoms with E-state index < -0.39 is 0 Å². The fourth-order valence-corrected chi connectivity index (χ4v) is 3.19. The van der Waals surface area contributed by atoms with E-state index in [9.17, 15) is 4.79 Å². The molecule has 0 saturated carbocycles. The first-order chi connectivity index (χ1) is 11.2. The van der Waals surface area contributed by atoms with E-state index >= 15 is 0 Å². The summed E-state index contributed by atoms with van der Waals surface area (Å²) in [5.74, 6) is 1.48. The molecule has 3 rings (SSSR count). The first kappa shape index (κ1) is 15.7. The molecule has 2 aromatic rings. The zero-order valence-electron chi connectivity index (χ0n) is 12.9. The van der Waals surface area contributed by atoms with Crippen LogP contribution in [-0.2, 0) is 4.79 Å². The zero-order chi connectivity index (χ0) is 16.1. The van der Waals surface area contributed by atoms with E-state index in [2.05, 4.69) is 5.32 Å². The number of hydrogen-bond acceptors (Lipinski definition) is 4. The molecule has 4 nitrogen and oxygen atoms in total. The van der Waals surface area contributed by atoms with Crippen LogP contribution in [-0.4, -0.2) is 30.4 Å². The molecule has 0 unspecified atom stereocenters. The highest BCUT2D eigenvalue weighted by atomic mass is 32.2. The van der Waals surface area contributed by atoms with Gasteiger partial charge in [0.05, 0.1) is 11.8 Å². The molecule has 0 fully saturated rings. The molecule has 120 valence electrons. The van der Waals surface area contributed by atoms with E-state index in [4.69, 9.17) is 9.47 Å². The fraction of sp³-hybridized carbons (Fsp3) is 0.278. The number of thioether (sulfide) groups is 1. The number of carbonyl (C=O) groups excluding carboxylic acids is 1. The van der Waals surface area contributed by atoms with E-state index in [0.717, 1.165) is 16.4 Å². The van der Waals surface area contributed by atoms with Gasteiger partial charge in [0.1, 0.15) is 12.7 Å². The van der Waals surface area contributed by atoms with E-state index in [0.29, 0.717) is 13.2 Å². The van der Waals surface area contributed by atoms with Crippen LogP contribution < -0.4 is 14.8 Å². The van der Waals surface area contributed by atoms with Crippen LogP contribution in [0.2, 0.25) is 0 Å². The molecule has 0 aromatic heterocycles. The van der Waals surface area contributed by atoms with Crippen LogP contribution in [0.5, 0.6) is 11.5 Å². The molecular formula is C18H19NO3S. The normalized spacial score (nSPS) is 17.3. The van der Waals surface area contributed by atoms with Crippen molar-refractivity contribution in [3.8, 4) is 11.5 Å². The molecule has 0 spiro atoms. The summed E-state index contributed by atoms with van der Waals surface area (Å²) < 4.78 is 11.5. The van der Waals surface area contributed by atoms with Crippen molar-refractivity contribution in [3.63, 3.8) is 0 Å². The van der Waals surface area contributed by atoms with Crippen molar-refractivity contribution in [2.24, 2.45) is 0 Å². The summed E-state index contributed by atoms with van der Waals surface area (Å²) in [7, 11) is 0. The van der Waals surface area contributed by atoms with E-state index in [1.165, 1.54) is 0 Å². The van der Waals surface area contributed by atoms with Gasteiger partial charge in [0, 0.05) is 4.90 Å². The average Bonchev–Trinajstić information content (AvgIpc) is 2.60. The van der Waals surface area contributed by atoms with Gasteiger partial charge in [-0.25, -0.2) is 0 Å². The molecule has 1 N–H and O–H groups in total. The third-order valence-electron chi connectivity index (χ3n) is 3.50. The molecule has 0 radical (unpaired) electrons. The number of carbonyl (C=O) groups is 1. The number of rotatable bonds is 5. The molecule has 1 aliphatic rings. The van der Waals surface area contributed by atoms with Gasteiger partial charge in [-0.3, -0.25) is 4.79 Å². The van der Waals surface area contributed by atoms with Gasteiger partial charge in [-0.1, -0.05) is 30.3 Å². The first-order valence-electron chi connectivity index (χ1n) is 7.60. The molecule has 1 heterocycles. The van der Waals surface area contributed by atoms with Crippen LogP contribution in [0.25, 0.3) is 0 Å². The highest BCUT2D eigenvalue weighted by Crippen LogP contribution is 2.30. The Bertz CT molecular complexity index is 662. The van der Waals surface area contributed by atoms with Crippen molar-refractivity contribution in [1.29, 1.82) is 0 Å². The van der Waals surface area contributed by atoms with Crippen molar-refractivity contribution < 1.29 is 14.3 Å². The summed E-state index contributed by atoms with van der Waals surface area (Å²) in [5.41, 5.74) is 0. The van der Waals surface area contributed by atoms with Gasteiger partial charge < -0.3 is 14.8 Å². The number of amides is 1. The van der Waals surface area contributed by atoms with Crippen LogP contribution in [0.3, 0.4) is 0 Å². The zero-order valence-corrected chi connectivity index (χ0v) is 13.7. The SMILES string of the molecule is C[C@@H](Sc1ccccc1)C(=O)NC[C@@H]1COc2ccccc2O1. The van der Waals surface area contributed by atoms with E-state index in [-0.39, 0.29) is 17.3 Å². The number of benzene rings is 2. The predicted molar refractivity (Wildman–Crippen MR) is 91.1 cm³/mol. The maximum Gasteiger partial charge on any atom is 0.233 e. The lowest BCUT2D eigenvalue weighted by Gasteiger charge is -2.26. The average molecular weight is 329 g/mol. The molecule has 23 heavy (non-hydrogen) atoms. The van der Waals surface area contributed by atoms with Crippen molar-refractivity contribution in [1.82, 2.24) is 5.32 Å². The second-order valence-electron chi connectivity index (χ2n) is 5.32. The Morgan fingerprint density at radius 2 is 1.87 bits per heavy atom. The molecule has 0 saturated heterocycles. The molecule has 0 aliphatic carbocycles. The van der Waals surface area contributed by atoms with Gasteiger partial charge in [0.15, 0.2) is 11.5 Å². The lowest BCUT2D eigenvalue weighted by molar-refractivity contribution is -0.120. The molecule has 2 aromatic carbocycles. The molecule has 2 atom stereocenters. The van der Waals surface area contributed by atoms with Crippen LogP contribution in [0, 0.1) is 0 Å². The lowest BCUT2D eigenvalue weighted by atomic mass is 10.2. The highest BCUT2D eigenvalue weighted by molar-refractivity contribution is 8.00. The topological polar surface area (TPSA) is 47.6 Å². The van der Waals surface area contributed by atoms with Crippen LogP contribution in [0.4, 0.5) is 0 Å². The number of para-hydroxylation sites is 2. The Morgan fingerprint density at radius 3 is 2.65 bits per heavy atom. The lowest BCUT2D eigenvalue weighted by Crippen LogP contribution is -2.42. The summed E-state index contributed by atoms with van der Waals surface area (Å²) >= 11 is 1.54. The predicted octanol–water partition coefficient (Wildman–Crippen LogP) is 3.12. The number of fused-ring (bicyclic) bond motifs is 1. The standard InChI is InChI=1S/C18H19NO3S/c1-13(23-15-7-3-2-4-8-15)18(20)19-11-14-12-21-16-9-5-6-10-17(16)22-14/h2-10,13-14H,11-12H2,1H3,(H,19,20)/t13-,14-/m1/s1. The molecule has 1 amide bonds. The second-order valence-corrected chi connectivity index (χ2v) is 6.73. The Hall–Kier alpha value is -2.14. The second kappa shape index (κ2) is 7.42. The fourth-order valence-electron chi connectivity index (χ4n) is 2.28. The summed E-state index contributed by atoms with van der Waals surface area (Å²) in [4.78, 5) is 13.3. The molecular weight excluding hydrogens is 310 g/mol. The maximum absolute atomic E-state index is 12.2. The van der Waals surface area contributed by atoms with Crippen molar-refractivity contribution in [3.05, 3.63) is 54.6 Å². The van der Waals surface area contributed by atoms with Crippen molar-refractivity contribution >= 4 is 17.7 Å². The minimum absolute atomic E-state index is 0.00121. The van der Waals surface area contributed by atoms with Crippen molar-refractivity contribution in [2.45, 2.75) is 23.2 Å². The van der Waals surface area contributed by atoms with E-state index in [1.54, 1.807) is 11.8 Å². The Balaban J connectivity index is 1.48. The van der Waals surface area contributed by atoms with Gasteiger partial charge in [0.25, 0.3) is 0 Å². The molecule has 1 aliphatic heterocycles. The third kappa shape index (κ3) is 4.20. The summed E-state index contributed by atoms with van der Waals surface area (Å²) in [6, 6.07) is 17.5. The summed E-state index contributed by atoms with van der Waals surface area (Å²) in [6.45, 7) is 2.78. The molecule has 5 heteroatoms. The largest absolute Gasteiger partial charge is 0.486 e. The van der Waals surface area contributed by atoms with Crippen molar-refractivity contribution in [2.75, 3.05) is 13.2 Å². The van der Waals surface area contributed by atoms with Gasteiger partial charge in [-0.2, -0.15) is 0 Å². The van der Waals surface area contributed by atoms with Crippen LogP contribution in [0.1, 0.15) is 6.92 Å². The Labute approximate surface area is 140 Å². The van der Waals surface area contributed by atoms with E-state index in [1.807, 2.05) is 61.5 Å². The quantitative estimate of drug-likeness (QED) is 0.856. The summed E-state index contributed by atoms with van der Waals surface area (Å²) in [5, 5.41) is 2.78. The number of ether oxygens (including phenoxy) is 2. The monoisotopic (exact) mass is 329 g/mol. The van der Waals surface area contributed by atoms with Gasteiger partial charge in [0.2, 0.25) is 5.91 Å². The summed E-state index contributed by atoms with van der Waals surface area (Å²) in [6.07, 6.45) is -0.164. The highest BCUT2D eigenvalue weighted by Gasteiger charge is 2.22. The minimum atomic E-state index is -0.164. The first-order valence-corrected chi connectivity index (χ1v) is 8.48. The van der Waals surface area contributed by atoms with Gasteiger partial charge in [-0.15, -0.1) is 11.8 Å². The number of hydrogen-bond donors (Lipinski definition) is 1. The molecule has 0 bridgehead atoms. The van der Waals surface area contributed by atoms with Gasteiger partial charge >= 0.3 is 0 Å². The maximum atomic E-state index is 12.2. The Morgan fingerprint density at radius 1 is 1.17 bits per heavy atom. The third-order valence-corrected chi connectivity index (χ3v) is 4.61. The van der Waals surface area contributed by atoms with Crippen LogP contribution >= 0.6 is 11.8 Å². The Kier molecular flexibility index (Phi) is 5.08. The minimum Gasteiger partial charge on any atom is -0.486 e. The number of nitrogens with one attached hydrogen (secondary N) is 1. The smallest absolute Gasteiger partial charge is 0.233 e. The van der Waals surface area contributed by atoms with Gasteiger partial charge in [-0.05, 0) is 31.2 Å².